The second-order valence-corrected chi connectivity index (χ2v) is 4.48. The molecule has 0 fully saturated rings. The van der Waals surface area contributed by atoms with Gasteiger partial charge in [-0.05, 0) is 35.4 Å². The lowest BCUT2D eigenvalue weighted by molar-refractivity contribution is -0.180. The fourth-order valence-corrected chi connectivity index (χ4v) is 2.75. The van der Waals surface area contributed by atoms with Gasteiger partial charge in [0.2, 0.25) is 5.79 Å². The second kappa shape index (κ2) is 3.98. The first-order valence-electron chi connectivity index (χ1n) is 5.90. The van der Waals surface area contributed by atoms with Gasteiger partial charge in [0.15, 0.2) is 0 Å². The minimum Gasteiger partial charge on any atom is -0.508 e. The summed E-state index contributed by atoms with van der Waals surface area (Å²) in [7, 11) is 3.08. The van der Waals surface area contributed by atoms with Crippen molar-refractivity contribution in [3.63, 3.8) is 0 Å². The molecule has 0 aromatic heterocycles. The molecule has 0 saturated carbocycles. The number of aromatic hydroxyl groups is 2. The number of ether oxygens (including phenoxy) is 2. The van der Waals surface area contributed by atoms with E-state index in [2.05, 4.69) is 0 Å². The SMILES string of the molecule is COC1(OC)c2cc(O)ccc2-c2ccc(O)cc21. The van der Waals surface area contributed by atoms with Crippen molar-refractivity contribution >= 4 is 0 Å². The van der Waals surface area contributed by atoms with Crippen LogP contribution >= 0.6 is 0 Å². The van der Waals surface area contributed by atoms with Crippen LogP contribution in [0.3, 0.4) is 0 Å². The van der Waals surface area contributed by atoms with E-state index in [0.717, 1.165) is 22.3 Å². The monoisotopic (exact) mass is 258 g/mol. The Kier molecular flexibility index (Phi) is 2.52. The number of phenolic OH excluding ortho intramolecular Hbond substituents is 2. The van der Waals surface area contributed by atoms with E-state index in [-0.39, 0.29) is 11.5 Å². The molecular weight excluding hydrogens is 244 g/mol. The van der Waals surface area contributed by atoms with Gasteiger partial charge < -0.3 is 19.7 Å². The first-order chi connectivity index (χ1) is 9.12. The van der Waals surface area contributed by atoms with E-state index >= 15 is 0 Å². The summed E-state index contributed by atoms with van der Waals surface area (Å²) in [4.78, 5) is 0. The molecule has 0 aliphatic heterocycles. The number of hydrogen-bond acceptors (Lipinski definition) is 4. The minimum absolute atomic E-state index is 0.147. The van der Waals surface area contributed by atoms with Gasteiger partial charge in [0.1, 0.15) is 11.5 Å². The van der Waals surface area contributed by atoms with Crippen molar-refractivity contribution in [3.8, 4) is 22.6 Å². The fourth-order valence-electron chi connectivity index (χ4n) is 2.75. The highest BCUT2D eigenvalue weighted by Gasteiger charge is 2.44. The average Bonchev–Trinajstić information content (AvgIpc) is 2.67. The van der Waals surface area contributed by atoms with Crippen LogP contribution in [0.25, 0.3) is 11.1 Å². The Morgan fingerprint density at radius 1 is 0.789 bits per heavy atom. The molecule has 0 heterocycles. The normalized spacial score (nSPS) is 15.1. The number of fused-ring (bicyclic) bond motifs is 3. The molecule has 0 atom stereocenters. The van der Waals surface area contributed by atoms with Gasteiger partial charge in [0.25, 0.3) is 0 Å². The zero-order chi connectivity index (χ0) is 13.6. The Hall–Kier alpha value is -2.04. The molecule has 2 aromatic rings. The number of phenols is 2. The van der Waals surface area contributed by atoms with Crippen LogP contribution in [-0.4, -0.2) is 24.4 Å². The van der Waals surface area contributed by atoms with Crippen LogP contribution < -0.4 is 0 Å². The van der Waals surface area contributed by atoms with Crippen LogP contribution in [0.4, 0.5) is 0 Å². The highest BCUT2D eigenvalue weighted by Crippen LogP contribution is 2.51. The number of methoxy groups -OCH3 is 2. The Balaban J connectivity index is 2.38. The lowest BCUT2D eigenvalue weighted by atomic mass is 10.0. The molecule has 3 rings (SSSR count). The van der Waals surface area contributed by atoms with Gasteiger partial charge in [-0.2, -0.15) is 0 Å². The maximum absolute atomic E-state index is 9.69. The van der Waals surface area contributed by atoms with E-state index in [1.807, 2.05) is 12.1 Å². The summed E-state index contributed by atoms with van der Waals surface area (Å²) < 4.78 is 11.1. The van der Waals surface area contributed by atoms with E-state index in [9.17, 15) is 10.2 Å². The molecule has 0 saturated heterocycles. The first-order valence-corrected chi connectivity index (χ1v) is 5.90. The Morgan fingerprint density at radius 3 is 1.58 bits per heavy atom. The summed E-state index contributed by atoms with van der Waals surface area (Å²) in [6.45, 7) is 0. The molecule has 1 aliphatic rings. The molecule has 98 valence electrons. The Labute approximate surface area is 110 Å². The molecular formula is C15H14O4. The molecule has 0 bridgehead atoms. The van der Waals surface area contributed by atoms with Crippen LogP contribution in [-0.2, 0) is 15.3 Å². The summed E-state index contributed by atoms with van der Waals surface area (Å²) >= 11 is 0. The van der Waals surface area contributed by atoms with Crippen molar-refractivity contribution < 1.29 is 19.7 Å². The summed E-state index contributed by atoms with van der Waals surface area (Å²) in [5, 5.41) is 19.4. The molecule has 4 heteroatoms. The average molecular weight is 258 g/mol. The van der Waals surface area contributed by atoms with Gasteiger partial charge >= 0.3 is 0 Å². The third kappa shape index (κ3) is 1.47. The van der Waals surface area contributed by atoms with E-state index in [0.29, 0.717) is 0 Å². The molecule has 19 heavy (non-hydrogen) atoms. The molecule has 4 nitrogen and oxygen atoms in total. The van der Waals surface area contributed by atoms with Gasteiger partial charge in [-0.3, -0.25) is 0 Å². The number of benzene rings is 2. The highest BCUT2D eigenvalue weighted by atomic mass is 16.7. The maximum Gasteiger partial charge on any atom is 0.223 e. The van der Waals surface area contributed by atoms with Gasteiger partial charge in [-0.15, -0.1) is 0 Å². The van der Waals surface area contributed by atoms with E-state index < -0.39 is 5.79 Å². The molecule has 2 aromatic carbocycles. The van der Waals surface area contributed by atoms with Crippen molar-refractivity contribution in [2.45, 2.75) is 5.79 Å². The van der Waals surface area contributed by atoms with Crippen molar-refractivity contribution in [2.24, 2.45) is 0 Å². The molecule has 0 spiro atoms. The summed E-state index contributed by atoms with van der Waals surface area (Å²) in [6, 6.07) is 10.1. The molecule has 0 unspecified atom stereocenters. The predicted octanol–water partition coefficient (Wildman–Crippen LogP) is 2.57. The topological polar surface area (TPSA) is 58.9 Å². The van der Waals surface area contributed by atoms with Gasteiger partial charge in [0, 0.05) is 25.3 Å². The molecule has 0 radical (unpaired) electrons. The first kappa shape index (κ1) is 12.0. The van der Waals surface area contributed by atoms with Crippen LogP contribution in [0.2, 0.25) is 0 Å². The van der Waals surface area contributed by atoms with Crippen LogP contribution in [0.1, 0.15) is 11.1 Å². The Bertz CT molecular complexity index is 591. The fraction of sp³-hybridized carbons (Fsp3) is 0.200. The lowest BCUT2D eigenvalue weighted by Crippen LogP contribution is -2.29. The predicted molar refractivity (Wildman–Crippen MR) is 70.0 cm³/mol. The van der Waals surface area contributed by atoms with Gasteiger partial charge in [-0.1, -0.05) is 12.1 Å². The van der Waals surface area contributed by atoms with Crippen molar-refractivity contribution in [1.29, 1.82) is 0 Å². The van der Waals surface area contributed by atoms with Crippen LogP contribution in [0.15, 0.2) is 36.4 Å². The third-order valence-electron chi connectivity index (χ3n) is 3.58. The van der Waals surface area contributed by atoms with Crippen molar-refractivity contribution in [2.75, 3.05) is 14.2 Å². The van der Waals surface area contributed by atoms with Crippen LogP contribution in [0.5, 0.6) is 11.5 Å². The van der Waals surface area contributed by atoms with Crippen molar-refractivity contribution in [1.82, 2.24) is 0 Å². The smallest absolute Gasteiger partial charge is 0.223 e. The minimum atomic E-state index is -1.10. The second-order valence-electron chi connectivity index (χ2n) is 4.48. The quantitative estimate of drug-likeness (QED) is 0.813. The van der Waals surface area contributed by atoms with E-state index in [1.165, 1.54) is 14.2 Å². The number of hydrogen-bond donors (Lipinski definition) is 2. The molecule has 0 amide bonds. The zero-order valence-electron chi connectivity index (χ0n) is 10.7. The largest absolute Gasteiger partial charge is 0.508 e. The summed E-state index contributed by atoms with van der Waals surface area (Å²) in [6.07, 6.45) is 0. The maximum atomic E-state index is 9.69. The van der Waals surface area contributed by atoms with Crippen LogP contribution in [0, 0.1) is 0 Å². The van der Waals surface area contributed by atoms with Crippen molar-refractivity contribution in [3.05, 3.63) is 47.5 Å². The zero-order valence-corrected chi connectivity index (χ0v) is 10.7. The molecule has 1 aliphatic carbocycles. The third-order valence-corrected chi connectivity index (χ3v) is 3.58. The lowest BCUT2D eigenvalue weighted by Gasteiger charge is -2.28. The molecule has 2 N–H and O–H groups in total. The van der Waals surface area contributed by atoms with Gasteiger partial charge in [0.05, 0.1) is 0 Å². The summed E-state index contributed by atoms with van der Waals surface area (Å²) in [5.74, 6) is -0.800. The summed E-state index contributed by atoms with van der Waals surface area (Å²) in [5.41, 5.74) is 3.32. The number of rotatable bonds is 2. The highest BCUT2D eigenvalue weighted by molar-refractivity contribution is 5.80. The van der Waals surface area contributed by atoms with Gasteiger partial charge in [-0.25, -0.2) is 0 Å². The Morgan fingerprint density at radius 2 is 1.21 bits per heavy atom. The van der Waals surface area contributed by atoms with E-state index in [1.54, 1.807) is 24.3 Å². The standard InChI is InChI=1S/C15H14O4/c1-18-15(19-2)13-7-9(16)3-5-11(13)12-6-4-10(17)8-14(12)15/h3-8,16-17H,1-2H3. The van der Waals surface area contributed by atoms with E-state index in [4.69, 9.17) is 9.47 Å².